The Labute approximate surface area is 241 Å². The number of carbonyl (C=O) groups is 4. The van der Waals surface area contributed by atoms with Gasteiger partial charge in [-0.3, -0.25) is 19.3 Å². The van der Waals surface area contributed by atoms with Crippen molar-refractivity contribution in [2.24, 2.45) is 17.6 Å². The molecular weight excluding hydrogens is 548 g/mol. The number of Topliss-reactive ketones (excluding diaryl/α,β-unsaturated/α-hetero) is 2. The SMILES string of the molecule is C#Cc1cc(CNC(=O)N2CCOCC2)c2c(c1O)C(O)=C1C(=O)[C@]3(O)C(O)=C(C(N)=O)C(=O)[C@H](N(C)C)[C@H]3C[C@@H]1C2. The number of hydrogen-bond acceptors (Lipinski definition) is 10. The first-order valence-corrected chi connectivity index (χ1v) is 13.4. The largest absolute Gasteiger partial charge is 0.508 e. The smallest absolute Gasteiger partial charge is 0.317 e. The van der Waals surface area contributed by atoms with Crippen LogP contribution in [0.25, 0.3) is 5.76 Å². The van der Waals surface area contributed by atoms with Gasteiger partial charge in [0.15, 0.2) is 11.4 Å². The lowest BCUT2D eigenvalue weighted by atomic mass is 9.57. The number of aliphatic hydroxyl groups is 3. The van der Waals surface area contributed by atoms with E-state index in [9.17, 15) is 39.6 Å². The van der Waals surface area contributed by atoms with Crippen LogP contribution in [0.4, 0.5) is 4.79 Å². The zero-order valence-electron chi connectivity index (χ0n) is 23.1. The Kier molecular flexibility index (Phi) is 7.26. The van der Waals surface area contributed by atoms with Crippen LogP contribution in [0.15, 0.2) is 23.0 Å². The summed E-state index contributed by atoms with van der Waals surface area (Å²) in [5, 5.41) is 48.0. The number of amides is 3. The maximum Gasteiger partial charge on any atom is 0.317 e. The van der Waals surface area contributed by atoms with Crippen LogP contribution in [0, 0.1) is 24.2 Å². The van der Waals surface area contributed by atoms with E-state index in [1.54, 1.807) is 4.90 Å². The van der Waals surface area contributed by atoms with E-state index in [0.29, 0.717) is 37.4 Å². The number of ketones is 2. The molecule has 42 heavy (non-hydrogen) atoms. The number of phenols is 1. The molecular formula is C29H32N4O9. The van der Waals surface area contributed by atoms with Crippen molar-refractivity contribution in [2.45, 2.75) is 31.0 Å². The van der Waals surface area contributed by atoms with Crippen LogP contribution in [0.2, 0.25) is 0 Å². The zero-order chi connectivity index (χ0) is 30.7. The van der Waals surface area contributed by atoms with Gasteiger partial charge in [-0.15, -0.1) is 6.42 Å². The highest BCUT2D eigenvalue weighted by Gasteiger charge is 2.64. The third kappa shape index (κ3) is 4.22. The highest BCUT2D eigenvalue weighted by molar-refractivity contribution is 6.24. The van der Waals surface area contributed by atoms with Crippen LogP contribution in [0.3, 0.4) is 0 Å². The van der Waals surface area contributed by atoms with Crippen LogP contribution in [-0.4, -0.2) is 106 Å². The first-order chi connectivity index (χ1) is 19.8. The number of benzene rings is 1. The van der Waals surface area contributed by atoms with Gasteiger partial charge in [0.25, 0.3) is 5.91 Å². The molecule has 4 atom stereocenters. The van der Waals surface area contributed by atoms with Gasteiger partial charge in [-0.05, 0) is 50.0 Å². The van der Waals surface area contributed by atoms with E-state index in [2.05, 4.69) is 11.2 Å². The Balaban J connectivity index is 1.62. The fraction of sp³-hybridized carbons (Fsp3) is 0.448. The maximum absolute atomic E-state index is 14.0. The van der Waals surface area contributed by atoms with Gasteiger partial charge in [-0.1, -0.05) is 5.92 Å². The van der Waals surface area contributed by atoms with Crippen molar-refractivity contribution in [1.29, 1.82) is 0 Å². The van der Waals surface area contributed by atoms with E-state index in [4.69, 9.17) is 16.9 Å². The monoisotopic (exact) mass is 580 g/mol. The Morgan fingerprint density at radius 1 is 1.24 bits per heavy atom. The second-order valence-corrected chi connectivity index (χ2v) is 11.1. The molecule has 222 valence electrons. The number of morpholine rings is 1. The minimum absolute atomic E-state index is 0.00418. The number of primary amides is 1. The molecule has 0 bridgehead atoms. The third-order valence-electron chi connectivity index (χ3n) is 8.70. The fourth-order valence-corrected chi connectivity index (χ4v) is 6.71. The Morgan fingerprint density at radius 2 is 1.90 bits per heavy atom. The molecule has 4 aliphatic rings. The predicted octanol–water partition coefficient (Wildman–Crippen LogP) is -0.513. The van der Waals surface area contributed by atoms with Crippen molar-refractivity contribution in [3.05, 3.63) is 45.2 Å². The molecule has 3 aliphatic carbocycles. The summed E-state index contributed by atoms with van der Waals surface area (Å²) in [5.74, 6) is -5.14. The third-order valence-corrected chi connectivity index (χ3v) is 8.70. The number of carbonyl (C=O) groups excluding carboxylic acids is 4. The number of aliphatic hydroxyl groups excluding tert-OH is 2. The summed E-state index contributed by atoms with van der Waals surface area (Å²) in [4.78, 5) is 55.2. The van der Waals surface area contributed by atoms with Crippen molar-refractivity contribution in [3.63, 3.8) is 0 Å². The number of rotatable bonds is 4. The summed E-state index contributed by atoms with van der Waals surface area (Å²) < 4.78 is 5.28. The van der Waals surface area contributed by atoms with Crippen molar-refractivity contribution in [2.75, 3.05) is 40.4 Å². The number of nitrogens with zero attached hydrogens (tertiary/aromatic N) is 2. The molecule has 1 aromatic carbocycles. The summed E-state index contributed by atoms with van der Waals surface area (Å²) in [5.41, 5.74) is 2.26. The number of terminal acetylenes is 1. The van der Waals surface area contributed by atoms with Crippen molar-refractivity contribution >= 4 is 29.3 Å². The minimum atomic E-state index is -2.74. The first-order valence-electron chi connectivity index (χ1n) is 13.4. The number of fused-ring (bicyclic) bond motifs is 3. The number of nitrogens with one attached hydrogen (secondary N) is 1. The lowest BCUT2D eigenvalue weighted by molar-refractivity contribution is -0.153. The topological polar surface area (TPSA) is 203 Å². The van der Waals surface area contributed by atoms with Crippen LogP contribution in [-0.2, 0) is 32.1 Å². The van der Waals surface area contributed by atoms with Crippen molar-refractivity contribution < 1.29 is 44.3 Å². The highest BCUT2D eigenvalue weighted by Crippen LogP contribution is 2.53. The van der Waals surface area contributed by atoms with Gasteiger partial charge in [0.05, 0.1) is 30.4 Å². The summed E-state index contributed by atoms with van der Waals surface area (Å²) >= 11 is 0. The van der Waals surface area contributed by atoms with Crippen LogP contribution >= 0.6 is 0 Å². The van der Waals surface area contributed by atoms with Gasteiger partial charge >= 0.3 is 6.03 Å². The molecule has 2 fully saturated rings. The van der Waals surface area contributed by atoms with Gasteiger partial charge in [-0.2, -0.15) is 0 Å². The van der Waals surface area contributed by atoms with E-state index in [0.717, 1.165) is 0 Å². The Bertz CT molecular complexity index is 1520. The molecule has 13 nitrogen and oxygen atoms in total. The van der Waals surface area contributed by atoms with Gasteiger partial charge in [0.1, 0.15) is 22.8 Å². The summed E-state index contributed by atoms with van der Waals surface area (Å²) in [6.07, 6.45) is 5.64. The van der Waals surface area contributed by atoms with E-state index in [1.807, 2.05) is 0 Å². The molecule has 0 unspecified atom stereocenters. The first kappa shape index (κ1) is 29.1. The summed E-state index contributed by atoms with van der Waals surface area (Å²) in [6.45, 7) is 1.66. The number of urea groups is 1. The molecule has 7 N–H and O–H groups in total. The van der Waals surface area contributed by atoms with E-state index >= 15 is 0 Å². The summed E-state index contributed by atoms with van der Waals surface area (Å²) in [7, 11) is 3.06. The van der Waals surface area contributed by atoms with Crippen LogP contribution in [0.5, 0.6) is 5.75 Å². The molecule has 1 saturated carbocycles. The molecule has 0 aromatic heterocycles. The molecule has 3 amide bonds. The second-order valence-electron chi connectivity index (χ2n) is 11.1. The van der Waals surface area contributed by atoms with E-state index in [-0.39, 0.29) is 42.1 Å². The molecule has 5 rings (SSSR count). The highest BCUT2D eigenvalue weighted by atomic mass is 16.5. The Morgan fingerprint density at radius 3 is 2.50 bits per heavy atom. The Hall–Kier alpha value is -4.38. The minimum Gasteiger partial charge on any atom is -0.508 e. The number of hydrogen-bond donors (Lipinski definition) is 6. The van der Waals surface area contributed by atoms with Gasteiger partial charge < -0.3 is 41.1 Å². The number of ether oxygens (including phenoxy) is 1. The van der Waals surface area contributed by atoms with Gasteiger partial charge in [-0.25, -0.2) is 4.79 Å². The molecule has 13 heteroatoms. The fourth-order valence-electron chi connectivity index (χ4n) is 6.71. The molecule has 1 heterocycles. The van der Waals surface area contributed by atoms with E-state index in [1.165, 1.54) is 25.1 Å². The average molecular weight is 581 g/mol. The zero-order valence-corrected chi connectivity index (χ0v) is 23.1. The molecule has 1 aliphatic heterocycles. The second kappa shape index (κ2) is 10.5. The number of aromatic hydroxyl groups is 1. The normalized spacial score (nSPS) is 27.3. The molecule has 0 spiro atoms. The predicted molar refractivity (Wildman–Crippen MR) is 147 cm³/mol. The number of phenolic OH excluding ortho intramolecular Hbond substituents is 1. The quantitative estimate of drug-likeness (QED) is 0.199. The average Bonchev–Trinajstić information content (AvgIpc) is 2.94. The number of nitrogens with two attached hydrogens (primary N) is 1. The van der Waals surface area contributed by atoms with Crippen molar-refractivity contribution in [1.82, 2.24) is 15.1 Å². The standard InChI is InChI=1S/C29H32N4O9/c1-4-13-9-15(12-31-28(40)33-5-7-42-8-6-33)16-10-14-11-17-21(32(2)3)24(36)20(27(30)39)26(38)29(17,41)25(37)18(14)23(35)19(16)22(13)34/h1,9,14,17,21,34-35,38,41H,5-8,10-12H2,2-3H3,(H2,30,39)(H,31,40)/t14-,17+,21+,29-/m0/s1. The van der Waals surface area contributed by atoms with Gasteiger partial charge in [0, 0.05) is 31.1 Å². The number of likely N-dealkylation sites (N-methyl/N-ethyl adjacent to an activating group) is 1. The lowest BCUT2D eigenvalue weighted by Crippen LogP contribution is -2.65. The van der Waals surface area contributed by atoms with Crippen LogP contribution in [0.1, 0.15) is 28.7 Å². The molecule has 0 radical (unpaired) electrons. The summed E-state index contributed by atoms with van der Waals surface area (Å²) in [6, 6.07) is -0.00132. The molecule has 1 aromatic rings. The lowest BCUT2D eigenvalue weighted by Gasteiger charge is -2.50. The maximum atomic E-state index is 14.0. The van der Waals surface area contributed by atoms with Crippen LogP contribution < -0.4 is 11.1 Å². The molecule has 1 saturated heterocycles. The van der Waals surface area contributed by atoms with Gasteiger partial charge in [0.2, 0.25) is 5.78 Å². The van der Waals surface area contributed by atoms with E-state index < -0.39 is 63.8 Å². The van der Waals surface area contributed by atoms with Crippen molar-refractivity contribution in [3.8, 4) is 18.1 Å².